The van der Waals surface area contributed by atoms with Crippen LogP contribution in [0.1, 0.15) is 25.7 Å². The van der Waals surface area contributed by atoms with Gasteiger partial charge in [-0.2, -0.15) is 0 Å². The number of aliphatic hydroxyl groups is 1. The van der Waals surface area contributed by atoms with Crippen molar-refractivity contribution in [1.29, 1.82) is 0 Å². The van der Waals surface area contributed by atoms with Crippen LogP contribution in [0.3, 0.4) is 0 Å². The van der Waals surface area contributed by atoms with Crippen molar-refractivity contribution in [2.45, 2.75) is 25.7 Å². The van der Waals surface area contributed by atoms with E-state index in [0.717, 1.165) is 18.4 Å². The van der Waals surface area contributed by atoms with E-state index in [9.17, 15) is 4.79 Å². The van der Waals surface area contributed by atoms with Crippen LogP contribution in [0.15, 0.2) is 0 Å². The van der Waals surface area contributed by atoms with Crippen molar-refractivity contribution in [2.75, 3.05) is 26.8 Å². The van der Waals surface area contributed by atoms with Gasteiger partial charge in [0.2, 0.25) is 0 Å². The van der Waals surface area contributed by atoms with Gasteiger partial charge < -0.3 is 14.7 Å². The largest absolute Gasteiger partial charge is 0.447 e. The highest BCUT2D eigenvalue weighted by atomic mass is 16.6. The number of hydrogen-bond donors (Lipinski definition) is 1. The highest BCUT2D eigenvalue weighted by molar-refractivity contribution is 5.67. The van der Waals surface area contributed by atoms with Gasteiger partial charge in [0, 0.05) is 13.6 Å². The summed E-state index contributed by atoms with van der Waals surface area (Å²) in [5.74, 6) is 2.42. The molecular weight excluding hydrogens is 206 g/mol. The fourth-order valence-corrected chi connectivity index (χ4v) is 3.27. The standard InChI is InChI=1S/C12H21NO3/c1-13(12(15)16-5-4-14)8-11-7-9-2-3-10(11)6-9/h9-11,14H,2-8H2,1H3. The van der Waals surface area contributed by atoms with Crippen molar-refractivity contribution in [2.24, 2.45) is 17.8 Å². The van der Waals surface area contributed by atoms with E-state index < -0.39 is 0 Å². The van der Waals surface area contributed by atoms with Gasteiger partial charge in [-0.25, -0.2) is 4.79 Å². The third-order valence-electron chi connectivity index (χ3n) is 4.02. The first-order valence-electron chi connectivity index (χ1n) is 6.19. The van der Waals surface area contributed by atoms with E-state index >= 15 is 0 Å². The van der Waals surface area contributed by atoms with Crippen LogP contribution in [0.25, 0.3) is 0 Å². The molecule has 0 aliphatic heterocycles. The number of carbonyl (C=O) groups excluding carboxylic acids is 1. The van der Waals surface area contributed by atoms with Gasteiger partial charge in [0.05, 0.1) is 6.61 Å². The molecule has 2 saturated carbocycles. The highest BCUT2D eigenvalue weighted by Gasteiger charge is 2.40. The number of carbonyl (C=O) groups is 1. The normalized spacial score (nSPS) is 31.8. The molecule has 0 aromatic carbocycles. The highest BCUT2D eigenvalue weighted by Crippen LogP contribution is 2.48. The van der Waals surface area contributed by atoms with Gasteiger partial charge in [-0.3, -0.25) is 0 Å². The third kappa shape index (κ3) is 2.48. The van der Waals surface area contributed by atoms with Crippen LogP contribution in [0.4, 0.5) is 4.79 Å². The predicted molar refractivity (Wildman–Crippen MR) is 60.0 cm³/mol. The molecule has 0 heterocycles. The molecule has 0 radical (unpaired) electrons. The van der Waals surface area contributed by atoms with E-state index in [0.29, 0.717) is 5.92 Å². The van der Waals surface area contributed by atoms with Crippen LogP contribution in [-0.2, 0) is 4.74 Å². The minimum Gasteiger partial charge on any atom is -0.447 e. The lowest BCUT2D eigenvalue weighted by Crippen LogP contribution is -2.34. The summed E-state index contributed by atoms with van der Waals surface area (Å²) in [5, 5.41) is 8.57. The van der Waals surface area contributed by atoms with Crippen molar-refractivity contribution in [3.05, 3.63) is 0 Å². The zero-order valence-corrected chi connectivity index (χ0v) is 9.89. The molecular formula is C12H21NO3. The molecule has 2 bridgehead atoms. The lowest BCUT2D eigenvalue weighted by Gasteiger charge is -2.26. The zero-order chi connectivity index (χ0) is 11.5. The molecule has 0 aromatic rings. The molecule has 0 saturated heterocycles. The molecule has 2 fully saturated rings. The van der Waals surface area contributed by atoms with Crippen molar-refractivity contribution in [3.8, 4) is 0 Å². The van der Waals surface area contributed by atoms with E-state index in [1.807, 2.05) is 0 Å². The van der Waals surface area contributed by atoms with Gasteiger partial charge in [0.1, 0.15) is 6.61 Å². The van der Waals surface area contributed by atoms with E-state index in [-0.39, 0.29) is 19.3 Å². The maximum atomic E-state index is 11.5. The Morgan fingerprint density at radius 2 is 2.25 bits per heavy atom. The fourth-order valence-electron chi connectivity index (χ4n) is 3.27. The van der Waals surface area contributed by atoms with E-state index in [4.69, 9.17) is 9.84 Å². The summed E-state index contributed by atoms with van der Waals surface area (Å²) < 4.78 is 4.88. The van der Waals surface area contributed by atoms with Gasteiger partial charge in [-0.05, 0) is 37.0 Å². The Kier molecular flexibility index (Phi) is 3.69. The Morgan fingerprint density at radius 1 is 1.44 bits per heavy atom. The van der Waals surface area contributed by atoms with E-state index in [1.54, 1.807) is 11.9 Å². The van der Waals surface area contributed by atoms with Crippen molar-refractivity contribution in [3.63, 3.8) is 0 Å². The number of fused-ring (bicyclic) bond motifs is 2. The summed E-state index contributed by atoms with van der Waals surface area (Å²) in [7, 11) is 1.78. The third-order valence-corrected chi connectivity index (χ3v) is 4.02. The second kappa shape index (κ2) is 5.04. The lowest BCUT2D eigenvalue weighted by molar-refractivity contribution is 0.0837. The average Bonchev–Trinajstić information content (AvgIpc) is 2.87. The molecule has 1 N–H and O–H groups in total. The molecule has 2 aliphatic carbocycles. The van der Waals surface area contributed by atoms with Crippen molar-refractivity contribution >= 4 is 6.09 Å². The Bertz CT molecular complexity index is 257. The number of ether oxygens (including phenoxy) is 1. The SMILES string of the molecule is CN(CC1CC2CCC1C2)C(=O)OCCO. The van der Waals surface area contributed by atoms with Crippen LogP contribution in [0.2, 0.25) is 0 Å². The molecule has 92 valence electrons. The van der Waals surface area contributed by atoms with E-state index in [2.05, 4.69) is 0 Å². The molecule has 1 amide bonds. The second-order valence-corrected chi connectivity index (χ2v) is 5.15. The lowest BCUT2D eigenvalue weighted by atomic mass is 9.88. The summed E-state index contributed by atoms with van der Waals surface area (Å²) >= 11 is 0. The Labute approximate surface area is 96.6 Å². The fraction of sp³-hybridized carbons (Fsp3) is 0.917. The van der Waals surface area contributed by atoms with Crippen LogP contribution in [-0.4, -0.2) is 42.9 Å². The monoisotopic (exact) mass is 227 g/mol. The molecule has 2 rings (SSSR count). The summed E-state index contributed by atoms with van der Waals surface area (Å²) in [6.07, 6.45) is 5.07. The van der Waals surface area contributed by atoms with Gasteiger partial charge in [0.15, 0.2) is 0 Å². The molecule has 0 aromatic heterocycles. The van der Waals surface area contributed by atoms with Gasteiger partial charge >= 0.3 is 6.09 Å². The van der Waals surface area contributed by atoms with Crippen LogP contribution in [0.5, 0.6) is 0 Å². The molecule has 3 unspecified atom stereocenters. The Morgan fingerprint density at radius 3 is 2.81 bits per heavy atom. The maximum Gasteiger partial charge on any atom is 0.409 e. The minimum atomic E-state index is -0.308. The maximum absolute atomic E-state index is 11.5. The van der Waals surface area contributed by atoms with Crippen LogP contribution < -0.4 is 0 Å². The second-order valence-electron chi connectivity index (χ2n) is 5.15. The predicted octanol–water partition coefficient (Wildman–Crippen LogP) is 1.48. The van der Waals surface area contributed by atoms with Crippen molar-refractivity contribution in [1.82, 2.24) is 4.90 Å². The average molecular weight is 227 g/mol. The van der Waals surface area contributed by atoms with E-state index in [1.165, 1.54) is 25.7 Å². The molecule has 4 nitrogen and oxygen atoms in total. The molecule has 2 aliphatic rings. The molecule has 3 atom stereocenters. The minimum absolute atomic E-state index is 0.0971. The number of amides is 1. The van der Waals surface area contributed by atoms with Crippen LogP contribution in [0, 0.1) is 17.8 Å². The van der Waals surface area contributed by atoms with Gasteiger partial charge in [-0.15, -0.1) is 0 Å². The quantitative estimate of drug-likeness (QED) is 0.791. The van der Waals surface area contributed by atoms with Crippen LogP contribution >= 0.6 is 0 Å². The number of hydrogen-bond acceptors (Lipinski definition) is 3. The van der Waals surface area contributed by atoms with Gasteiger partial charge in [-0.1, -0.05) is 6.42 Å². The summed E-state index contributed by atoms with van der Waals surface area (Å²) in [4.78, 5) is 13.1. The topological polar surface area (TPSA) is 49.8 Å². The summed E-state index contributed by atoms with van der Waals surface area (Å²) in [5.41, 5.74) is 0. The summed E-state index contributed by atoms with van der Waals surface area (Å²) in [6.45, 7) is 0.805. The zero-order valence-electron chi connectivity index (χ0n) is 9.89. The first kappa shape index (κ1) is 11.7. The molecule has 4 heteroatoms. The summed E-state index contributed by atoms with van der Waals surface area (Å²) in [6, 6.07) is 0. The smallest absolute Gasteiger partial charge is 0.409 e. The molecule has 16 heavy (non-hydrogen) atoms. The number of rotatable bonds is 4. The van der Waals surface area contributed by atoms with Gasteiger partial charge in [0.25, 0.3) is 0 Å². The number of nitrogens with zero attached hydrogens (tertiary/aromatic N) is 1. The Hall–Kier alpha value is -0.770. The first-order chi connectivity index (χ1) is 7.70. The first-order valence-corrected chi connectivity index (χ1v) is 6.19. The van der Waals surface area contributed by atoms with Crippen molar-refractivity contribution < 1.29 is 14.6 Å². The number of aliphatic hydroxyl groups excluding tert-OH is 1. The Balaban J connectivity index is 1.74. The molecule has 0 spiro atoms.